The minimum Gasteiger partial charge on any atom is -0.353 e. The second-order valence-corrected chi connectivity index (χ2v) is 7.69. The number of fused-ring (bicyclic) bond motifs is 1. The Balaban J connectivity index is 1.49. The van der Waals surface area contributed by atoms with Gasteiger partial charge in [0.25, 0.3) is 0 Å². The molecule has 2 N–H and O–H groups in total. The van der Waals surface area contributed by atoms with Gasteiger partial charge in [0.2, 0.25) is 0 Å². The molecule has 0 radical (unpaired) electrons. The van der Waals surface area contributed by atoms with Gasteiger partial charge in [-0.15, -0.1) is 0 Å². The first-order valence-corrected chi connectivity index (χ1v) is 9.78. The molecule has 0 amide bonds. The van der Waals surface area contributed by atoms with Crippen LogP contribution in [0.3, 0.4) is 0 Å². The zero-order valence-corrected chi connectivity index (χ0v) is 16.7. The number of anilines is 1. The molecule has 1 aliphatic rings. The maximum absolute atomic E-state index is 4.84. The molecule has 0 saturated carbocycles. The van der Waals surface area contributed by atoms with Crippen LogP contribution in [0.1, 0.15) is 18.5 Å². The summed E-state index contributed by atoms with van der Waals surface area (Å²) in [5, 5.41) is 10.6. The fourth-order valence-corrected chi connectivity index (χ4v) is 3.90. The van der Waals surface area contributed by atoms with Gasteiger partial charge in [0.1, 0.15) is 16.1 Å². The van der Waals surface area contributed by atoms with Gasteiger partial charge in [0.15, 0.2) is 11.5 Å². The van der Waals surface area contributed by atoms with Gasteiger partial charge in [-0.1, -0.05) is 0 Å². The molecule has 4 aromatic rings. The second-order valence-electron chi connectivity index (χ2n) is 6.88. The number of aromatic amines is 1. The molecule has 1 fully saturated rings. The summed E-state index contributed by atoms with van der Waals surface area (Å²) >= 11 is 3.41. The average Bonchev–Trinajstić information content (AvgIpc) is 3.37. The van der Waals surface area contributed by atoms with Crippen LogP contribution < -0.4 is 10.2 Å². The van der Waals surface area contributed by atoms with Gasteiger partial charge in [-0.05, 0) is 28.9 Å². The van der Waals surface area contributed by atoms with Crippen LogP contribution in [0.5, 0.6) is 0 Å². The smallest absolute Gasteiger partial charge is 0.180 e. The first-order valence-electron chi connectivity index (χ1n) is 8.99. The van der Waals surface area contributed by atoms with E-state index < -0.39 is 0 Å². The molecule has 2 unspecified atom stereocenters. The summed E-state index contributed by atoms with van der Waals surface area (Å²) in [6.07, 6.45) is 11.0. The Kier molecular flexibility index (Phi) is 4.29. The van der Waals surface area contributed by atoms with Gasteiger partial charge < -0.3 is 10.2 Å². The lowest BCUT2D eigenvalue weighted by molar-refractivity contribution is 0.394. The highest BCUT2D eigenvalue weighted by Crippen LogP contribution is 2.25. The maximum Gasteiger partial charge on any atom is 0.180 e. The number of piperazine rings is 1. The molecular weight excluding hydrogens is 422 g/mol. The van der Waals surface area contributed by atoms with Gasteiger partial charge in [0, 0.05) is 43.3 Å². The molecule has 0 bridgehead atoms. The Morgan fingerprint density at radius 1 is 1.14 bits per heavy atom. The van der Waals surface area contributed by atoms with Crippen molar-refractivity contribution in [3.63, 3.8) is 0 Å². The Morgan fingerprint density at radius 2 is 2.07 bits per heavy atom. The Labute approximate surface area is 169 Å². The third kappa shape index (κ3) is 3.14. The molecule has 1 aliphatic heterocycles. The van der Waals surface area contributed by atoms with E-state index in [0.29, 0.717) is 11.9 Å². The number of nitrogens with zero attached hydrogens (tertiary/aromatic N) is 7. The molecule has 1 saturated heterocycles. The molecule has 10 heteroatoms. The number of hydrogen-bond acceptors (Lipinski definition) is 7. The number of imidazole rings is 1. The highest BCUT2D eigenvalue weighted by atomic mass is 79.9. The van der Waals surface area contributed by atoms with Crippen molar-refractivity contribution in [2.24, 2.45) is 0 Å². The molecule has 5 heterocycles. The highest BCUT2D eigenvalue weighted by molar-refractivity contribution is 9.10. The van der Waals surface area contributed by atoms with Gasteiger partial charge in [-0.2, -0.15) is 5.10 Å². The molecule has 4 aromatic heterocycles. The fraction of sp³-hybridized carbons (Fsp3) is 0.278. The van der Waals surface area contributed by atoms with Gasteiger partial charge in [-0.25, -0.2) is 19.9 Å². The van der Waals surface area contributed by atoms with Crippen molar-refractivity contribution in [2.45, 2.75) is 19.0 Å². The molecular formula is C18H18BrN9. The molecule has 142 valence electrons. The van der Waals surface area contributed by atoms with Crippen LogP contribution in [0.15, 0.2) is 47.9 Å². The average molecular weight is 440 g/mol. The van der Waals surface area contributed by atoms with E-state index in [1.807, 2.05) is 29.1 Å². The molecule has 0 aromatic carbocycles. The minimum atomic E-state index is 0.193. The highest BCUT2D eigenvalue weighted by Gasteiger charge is 2.27. The van der Waals surface area contributed by atoms with Crippen molar-refractivity contribution in [1.82, 2.24) is 39.9 Å². The predicted octanol–water partition coefficient (Wildman–Crippen LogP) is 2.21. The monoisotopic (exact) mass is 439 g/mol. The van der Waals surface area contributed by atoms with Crippen molar-refractivity contribution in [2.75, 3.05) is 18.0 Å². The van der Waals surface area contributed by atoms with Crippen LogP contribution >= 0.6 is 15.9 Å². The van der Waals surface area contributed by atoms with E-state index in [1.54, 1.807) is 18.6 Å². The summed E-state index contributed by atoms with van der Waals surface area (Å²) in [6, 6.07) is 2.47. The lowest BCUT2D eigenvalue weighted by Gasteiger charge is -2.38. The summed E-state index contributed by atoms with van der Waals surface area (Å²) in [7, 11) is 0. The van der Waals surface area contributed by atoms with E-state index in [4.69, 9.17) is 4.98 Å². The van der Waals surface area contributed by atoms with E-state index in [-0.39, 0.29) is 6.04 Å². The van der Waals surface area contributed by atoms with Crippen molar-refractivity contribution in [1.29, 1.82) is 0 Å². The molecule has 28 heavy (non-hydrogen) atoms. The lowest BCUT2D eigenvalue weighted by atomic mass is 10.1. The predicted molar refractivity (Wildman–Crippen MR) is 108 cm³/mol. The fourth-order valence-electron chi connectivity index (χ4n) is 3.59. The van der Waals surface area contributed by atoms with Crippen molar-refractivity contribution >= 4 is 27.4 Å². The SMILES string of the molecule is CC1CN(c2ccnc(-c3cnc4cnc(Br)cn34)n2)CC(c2cn[nH]c2)N1. The van der Waals surface area contributed by atoms with Gasteiger partial charge >= 0.3 is 0 Å². The van der Waals surface area contributed by atoms with Gasteiger partial charge in [0.05, 0.1) is 24.6 Å². The van der Waals surface area contributed by atoms with Crippen molar-refractivity contribution in [3.05, 3.63) is 53.4 Å². The molecule has 9 nitrogen and oxygen atoms in total. The van der Waals surface area contributed by atoms with E-state index in [0.717, 1.165) is 40.4 Å². The standard InChI is InChI=1S/C18H18BrN9/c1-11-8-27(9-13(25-11)12-4-23-24-5-12)16-2-3-20-18(26-16)14-6-22-17-7-21-15(19)10-28(14)17/h2-7,10-11,13,25H,8-9H2,1H3,(H,23,24). The Hall–Kier alpha value is -2.85. The number of hydrogen-bond donors (Lipinski definition) is 2. The molecule has 0 spiro atoms. The second kappa shape index (κ2) is 6.95. The largest absolute Gasteiger partial charge is 0.353 e. The normalized spacial score (nSPS) is 20.0. The first-order chi connectivity index (χ1) is 13.7. The zero-order valence-electron chi connectivity index (χ0n) is 15.1. The van der Waals surface area contributed by atoms with Crippen LogP contribution in [0.4, 0.5) is 5.82 Å². The summed E-state index contributed by atoms with van der Waals surface area (Å²) in [6.45, 7) is 3.85. The molecule has 2 atom stereocenters. The van der Waals surface area contributed by atoms with Crippen molar-refractivity contribution < 1.29 is 0 Å². The quantitative estimate of drug-likeness (QED) is 0.504. The maximum atomic E-state index is 4.84. The zero-order chi connectivity index (χ0) is 19.1. The Morgan fingerprint density at radius 3 is 2.93 bits per heavy atom. The minimum absolute atomic E-state index is 0.193. The van der Waals surface area contributed by atoms with Crippen LogP contribution in [0.2, 0.25) is 0 Å². The Bertz CT molecular complexity index is 1110. The van der Waals surface area contributed by atoms with Crippen LogP contribution in [-0.4, -0.2) is 53.7 Å². The third-order valence-electron chi connectivity index (χ3n) is 4.86. The van der Waals surface area contributed by atoms with Crippen LogP contribution in [0, 0.1) is 0 Å². The van der Waals surface area contributed by atoms with E-state index >= 15 is 0 Å². The third-order valence-corrected chi connectivity index (χ3v) is 5.27. The number of aromatic nitrogens is 7. The summed E-state index contributed by atoms with van der Waals surface area (Å²) < 4.78 is 2.67. The van der Waals surface area contributed by atoms with Crippen LogP contribution in [0.25, 0.3) is 17.2 Å². The summed E-state index contributed by atoms with van der Waals surface area (Å²) in [5.74, 6) is 1.53. The molecule has 0 aliphatic carbocycles. The topological polar surface area (TPSA) is 99.9 Å². The number of nitrogens with one attached hydrogen (secondary N) is 2. The van der Waals surface area contributed by atoms with E-state index in [9.17, 15) is 0 Å². The number of halogens is 1. The van der Waals surface area contributed by atoms with Crippen molar-refractivity contribution in [3.8, 4) is 11.5 Å². The van der Waals surface area contributed by atoms with E-state index in [2.05, 4.69) is 58.2 Å². The van der Waals surface area contributed by atoms with Gasteiger partial charge in [-0.3, -0.25) is 9.50 Å². The molecule has 5 rings (SSSR count). The summed E-state index contributed by atoms with van der Waals surface area (Å²) in [5.41, 5.74) is 2.72. The van der Waals surface area contributed by atoms with E-state index in [1.165, 1.54) is 0 Å². The first kappa shape index (κ1) is 17.3. The number of rotatable bonds is 3. The summed E-state index contributed by atoms with van der Waals surface area (Å²) in [4.78, 5) is 20.2. The number of H-pyrrole nitrogens is 1. The van der Waals surface area contributed by atoms with Crippen LogP contribution in [-0.2, 0) is 0 Å². The lowest BCUT2D eigenvalue weighted by Crippen LogP contribution is -2.51.